The topological polar surface area (TPSA) is 47.6 Å². The van der Waals surface area contributed by atoms with Gasteiger partial charge in [-0.2, -0.15) is 0 Å². The van der Waals surface area contributed by atoms with Crippen molar-refractivity contribution in [1.82, 2.24) is 5.32 Å². The lowest BCUT2D eigenvalue weighted by Gasteiger charge is -2.28. The maximum absolute atomic E-state index is 11.9. The van der Waals surface area contributed by atoms with Gasteiger partial charge in [0.15, 0.2) is 0 Å². The summed E-state index contributed by atoms with van der Waals surface area (Å²) in [5.41, 5.74) is 0. The molecule has 2 heterocycles. The Morgan fingerprint density at radius 3 is 2.83 bits per heavy atom. The Labute approximate surface area is 109 Å². The average Bonchev–Trinajstić information content (AvgIpc) is 2.40. The van der Waals surface area contributed by atoms with E-state index in [0.717, 1.165) is 39.1 Å². The highest BCUT2D eigenvalue weighted by atomic mass is 16.6. The summed E-state index contributed by atoms with van der Waals surface area (Å²) in [5, 5.41) is 3.40. The van der Waals surface area contributed by atoms with E-state index in [1.165, 1.54) is 12.8 Å². The molecule has 2 aliphatic heterocycles. The van der Waals surface area contributed by atoms with E-state index in [0.29, 0.717) is 18.3 Å². The molecule has 0 bridgehead atoms. The zero-order valence-corrected chi connectivity index (χ0v) is 11.3. The second-order valence-electron chi connectivity index (χ2n) is 5.59. The summed E-state index contributed by atoms with van der Waals surface area (Å²) >= 11 is 0. The lowest BCUT2D eigenvalue weighted by Crippen LogP contribution is -2.34. The molecule has 0 aromatic carbocycles. The predicted molar refractivity (Wildman–Crippen MR) is 69.3 cm³/mol. The van der Waals surface area contributed by atoms with Crippen molar-refractivity contribution in [2.24, 2.45) is 11.8 Å². The summed E-state index contributed by atoms with van der Waals surface area (Å²) in [5.74, 6) is 1.02. The van der Waals surface area contributed by atoms with Crippen LogP contribution in [0.2, 0.25) is 0 Å². The SMILES string of the molecule is CC(CC(=O)OC1CCOCC1)C1CCCNC1. The van der Waals surface area contributed by atoms with Crippen molar-refractivity contribution in [1.29, 1.82) is 0 Å². The van der Waals surface area contributed by atoms with Gasteiger partial charge in [0.25, 0.3) is 0 Å². The fraction of sp³-hybridized carbons (Fsp3) is 0.929. The molecule has 0 aromatic heterocycles. The molecule has 0 saturated carbocycles. The van der Waals surface area contributed by atoms with Crippen LogP contribution >= 0.6 is 0 Å². The Hall–Kier alpha value is -0.610. The average molecular weight is 255 g/mol. The standard InChI is InChI=1S/C14H25NO3/c1-11(12-3-2-6-15-10-12)9-14(16)18-13-4-7-17-8-5-13/h11-13,15H,2-10H2,1H3. The number of hydrogen-bond acceptors (Lipinski definition) is 4. The van der Waals surface area contributed by atoms with Crippen molar-refractivity contribution in [2.45, 2.75) is 45.1 Å². The highest BCUT2D eigenvalue weighted by Crippen LogP contribution is 2.23. The first-order valence-corrected chi connectivity index (χ1v) is 7.23. The zero-order chi connectivity index (χ0) is 12.8. The smallest absolute Gasteiger partial charge is 0.306 e. The van der Waals surface area contributed by atoms with Crippen LogP contribution in [0.5, 0.6) is 0 Å². The molecular formula is C14H25NO3. The molecular weight excluding hydrogens is 230 g/mol. The fourth-order valence-corrected chi connectivity index (χ4v) is 2.82. The monoisotopic (exact) mass is 255 g/mol. The molecule has 0 aromatic rings. The Bertz CT molecular complexity index is 258. The van der Waals surface area contributed by atoms with Crippen LogP contribution in [0.15, 0.2) is 0 Å². The van der Waals surface area contributed by atoms with Crippen LogP contribution in [0.25, 0.3) is 0 Å². The second kappa shape index (κ2) is 7.10. The van der Waals surface area contributed by atoms with Crippen molar-refractivity contribution in [3.8, 4) is 0 Å². The first-order valence-electron chi connectivity index (χ1n) is 7.23. The molecule has 4 heteroatoms. The molecule has 2 aliphatic rings. The van der Waals surface area contributed by atoms with E-state index in [-0.39, 0.29) is 12.1 Å². The van der Waals surface area contributed by atoms with Gasteiger partial charge in [-0.25, -0.2) is 0 Å². The molecule has 0 spiro atoms. The Morgan fingerprint density at radius 2 is 2.17 bits per heavy atom. The van der Waals surface area contributed by atoms with Gasteiger partial charge in [0, 0.05) is 19.3 Å². The molecule has 0 radical (unpaired) electrons. The summed E-state index contributed by atoms with van der Waals surface area (Å²) in [7, 11) is 0. The normalized spacial score (nSPS) is 27.7. The fourth-order valence-electron chi connectivity index (χ4n) is 2.82. The summed E-state index contributed by atoms with van der Waals surface area (Å²) in [4.78, 5) is 11.9. The Morgan fingerprint density at radius 1 is 1.39 bits per heavy atom. The molecule has 2 rings (SSSR count). The van der Waals surface area contributed by atoms with E-state index in [2.05, 4.69) is 12.2 Å². The Balaban J connectivity index is 1.68. The number of esters is 1. The first kappa shape index (κ1) is 13.8. The van der Waals surface area contributed by atoms with E-state index < -0.39 is 0 Å². The highest BCUT2D eigenvalue weighted by Gasteiger charge is 2.24. The van der Waals surface area contributed by atoms with Crippen LogP contribution in [-0.2, 0) is 14.3 Å². The van der Waals surface area contributed by atoms with Gasteiger partial charge in [0.05, 0.1) is 13.2 Å². The second-order valence-corrected chi connectivity index (χ2v) is 5.59. The minimum absolute atomic E-state index is 0.0278. The third-order valence-electron chi connectivity index (χ3n) is 4.09. The minimum Gasteiger partial charge on any atom is -0.462 e. The molecule has 2 atom stereocenters. The van der Waals surface area contributed by atoms with Gasteiger partial charge in [0.2, 0.25) is 0 Å². The third kappa shape index (κ3) is 4.25. The minimum atomic E-state index is -0.0278. The summed E-state index contributed by atoms with van der Waals surface area (Å²) in [6, 6.07) is 0. The van der Waals surface area contributed by atoms with Crippen LogP contribution < -0.4 is 5.32 Å². The lowest BCUT2D eigenvalue weighted by atomic mass is 9.85. The number of ether oxygens (including phenoxy) is 2. The molecule has 18 heavy (non-hydrogen) atoms. The number of piperidine rings is 1. The number of carbonyl (C=O) groups is 1. The summed E-state index contributed by atoms with van der Waals surface area (Å²) in [6.45, 7) is 5.78. The molecule has 2 saturated heterocycles. The molecule has 4 nitrogen and oxygen atoms in total. The number of carbonyl (C=O) groups excluding carboxylic acids is 1. The molecule has 2 fully saturated rings. The van der Waals surface area contributed by atoms with Gasteiger partial charge < -0.3 is 14.8 Å². The summed E-state index contributed by atoms with van der Waals surface area (Å²) in [6.07, 6.45) is 4.81. The number of rotatable bonds is 4. The van der Waals surface area contributed by atoms with Gasteiger partial charge in [-0.15, -0.1) is 0 Å². The largest absolute Gasteiger partial charge is 0.462 e. The van der Waals surface area contributed by atoms with Crippen molar-refractivity contribution in [3.05, 3.63) is 0 Å². The van der Waals surface area contributed by atoms with Crippen molar-refractivity contribution < 1.29 is 14.3 Å². The van der Waals surface area contributed by atoms with E-state index in [1.807, 2.05) is 0 Å². The highest BCUT2D eigenvalue weighted by molar-refractivity contribution is 5.69. The lowest BCUT2D eigenvalue weighted by molar-refractivity contribution is -0.154. The van der Waals surface area contributed by atoms with E-state index in [9.17, 15) is 4.79 Å². The Kier molecular flexibility index (Phi) is 5.45. The number of nitrogens with one attached hydrogen (secondary N) is 1. The maximum Gasteiger partial charge on any atom is 0.306 e. The predicted octanol–water partition coefficient (Wildman–Crippen LogP) is 1.73. The van der Waals surface area contributed by atoms with Gasteiger partial charge in [-0.1, -0.05) is 6.92 Å². The van der Waals surface area contributed by atoms with Gasteiger partial charge in [0.1, 0.15) is 6.10 Å². The first-order chi connectivity index (χ1) is 8.75. The van der Waals surface area contributed by atoms with Gasteiger partial charge in [-0.05, 0) is 37.8 Å². The van der Waals surface area contributed by atoms with Crippen LogP contribution in [0.4, 0.5) is 0 Å². The van der Waals surface area contributed by atoms with Crippen molar-refractivity contribution in [3.63, 3.8) is 0 Å². The van der Waals surface area contributed by atoms with Crippen molar-refractivity contribution in [2.75, 3.05) is 26.3 Å². The van der Waals surface area contributed by atoms with Crippen LogP contribution in [0.1, 0.15) is 39.0 Å². The van der Waals surface area contributed by atoms with Crippen LogP contribution in [-0.4, -0.2) is 38.4 Å². The molecule has 104 valence electrons. The molecule has 0 amide bonds. The third-order valence-corrected chi connectivity index (χ3v) is 4.09. The van der Waals surface area contributed by atoms with Crippen LogP contribution in [0.3, 0.4) is 0 Å². The number of hydrogen-bond donors (Lipinski definition) is 1. The van der Waals surface area contributed by atoms with E-state index >= 15 is 0 Å². The maximum atomic E-state index is 11.9. The molecule has 1 N–H and O–H groups in total. The zero-order valence-electron chi connectivity index (χ0n) is 11.3. The van der Waals surface area contributed by atoms with Gasteiger partial charge in [-0.3, -0.25) is 4.79 Å². The van der Waals surface area contributed by atoms with Crippen molar-refractivity contribution >= 4 is 5.97 Å². The van der Waals surface area contributed by atoms with Gasteiger partial charge >= 0.3 is 5.97 Å². The van der Waals surface area contributed by atoms with Crippen LogP contribution in [0, 0.1) is 11.8 Å². The summed E-state index contributed by atoms with van der Waals surface area (Å²) < 4.78 is 10.8. The quantitative estimate of drug-likeness (QED) is 0.777. The molecule has 0 aliphatic carbocycles. The van der Waals surface area contributed by atoms with E-state index in [1.54, 1.807) is 0 Å². The molecule has 2 unspecified atom stereocenters. The van der Waals surface area contributed by atoms with E-state index in [4.69, 9.17) is 9.47 Å².